The molecular formula is C17H23BrN2OS. The second-order valence-electron chi connectivity index (χ2n) is 6.12. The smallest absolute Gasteiger partial charge is 0.225 e. The first-order chi connectivity index (χ1) is 10.7. The van der Waals surface area contributed by atoms with E-state index >= 15 is 0 Å². The van der Waals surface area contributed by atoms with E-state index in [1.165, 1.54) is 5.56 Å². The lowest BCUT2D eigenvalue weighted by Crippen LogP contribution is -2.45. The number of halogens is 1. The molecule has 0 aromatic heterocycles. The molecule has 0 unspecified atom stereocenters. The third-order valence-corrected chi connectivity index (χ3v) is 5.99. The van der Waals surface area contributed by atoms with Gasteiger partial charge in [0.1, 0.15) is 0 Å². The highest BCUT2D eigenvalue weighted by molar-refractivity contribution is 9.10. The minimum absolute atomic E-state index is 0.252. The van der Waals surface area contributed by atoms with Crippen LogP contribution in [-0.2, 0) is 11.3 Å². The van der Waals surface area contributed by atoms with Crippen molar-refractivity contribution in [3.63, 3.8) is 0 Å². The molecule has 2 fully saturated rings. The summed E-state index contributed by atoms with van der Waals surface area (Å²) in [5.74, 6) is 2.87. The van der Waals surface area contributed by atoms with Gasteiger partial charge in [-0.1, -0.05) is 28.1 Å². The number of nitrogens with zero attached hydrogens (tertiary/aromatic N) is 2. The maximum Gasteiger partial charge on any atom is 0.225 e. The van der Waals surface area contributed by atoms with Gasteiger partial charge in [-0.3, -0.25) is 9.69 Å². The van der Waals surface area contributed by atoms with Crippen LogP contribution < -0.4 is 0 Å². The molecular weight excluding hydrogens is 360 g/mol. The normalized spacial score (nSPS) is 21.0. The van der Waals surface area contributed by atoms with Crippen LogP contribution >= 0.6 is 27.7 Å². The maximum absolute atomic E-state index is 12.6. The highest BCUT2D eigenvalue weighted by atomic mass is 79.9. The minimum atomic E-state index is 0.252. The molecule has 1 aromatic rings. The number of piperidine rings is 1. The number of benzene rings is 1. The molecule has 22 heavy (non-hydrogen) atoms. The van der Waals surface area contributed by atoms with Gasteiger partial charge in [0, 0.05) is 41.5 Å². The molecule has 0 saturated carbocycles. The Labute approximate surface area is 145 Å². The van der Waals surface area contributed by atoms with Crippen molar-refractivity contribution in [2.75, 3.05) is 37.7 Å². The van der Waals surface area contributed by atoms with E-state index in [9.17, 15) is 4.79 Å². The average molecular weight is 383 g/mol. The van der Waals surface area contributed by atoms with Gasteiger partial charge >= 0.3 is 0 Å². The summed E-state index contributed by atoms with van der Waals surface area (Å²) in [6.07, 6.45) is 2.02. The predicted molar refractivity (Wildman–Crippen MR) is 96.0 cm³/mol. The zero-order valence-corrected chi connectivity index (χ0v) is 15.2. The van der Waals surface area contributed by atoms with Crippen molar-refractivity contribution < 1.29 is 4.79 Å². The van der Waals surface area contributed by atoms with Crippen LogP contribution in [0.15, 0.2) is 28.7 Å². The van der Waals surface area contributed by atoms with Crippen molar-refractivity contribution >= 4 is 33.6 Å². The third-order valence-electron chi connectivity index (χ3n) is 4.55. The lowest BCUT2D eigenvalue weighted by Gasteiger charge is -2.35. The fourth-order valence-electron chi connectivity index (χ4n) is 3.27. The molecule has 120 valence electrons. The summed E-state index contributed by atoms with van der Waals surface area (Å²) in [7, 11) is 0. The van der Waals surface area contributed by atoms with Gasteiger partial charge in [-0.15, -0.1) is 0 Å². The Kier molecular flexibility index (Phi) is 5.83. The highest BCUT2D eigenvalue weighted by Gasteiger charge is 2.29. The SMILES string of the molecule is O=C(C1CCN(Cc2cccc(Br)c2)CC1)N1CCSCC1. The van der Waals surface area contributed by atoms with E-state index in [2.05, 4.69) is 50.0 Å². The standard InChI is InChI=1S/C17H23BrN2OS/c18-16-3-1-2-14(12-16)13-19-6-4-15(5-7-19)17(21)20-8-10-22-11-9-20/h1-3,12,15H,4-11,13H2. The van der Waals surface area contributed by atoms with Crippen LogP contribution in [0.1, 0.15) is 18.4 Å². The van der Waals surface area contributed by atoms with Gasteiger partial charge in [-0.25, -0.2) is 0 Å². The molecule has 0 atom stereocenters. The first-order valence-corrected chi connectivity index (χ1v) is 10.0. The van der Waals surface area contributed by atoms with E-state index in [0.717, 1.165) is 61.5 Å². The van der Waals surface area contributed by atoms with Crippen LogP contribution in [0, 0.1) is 5.92 Å². The second-order valence-corrected chi connectivity index (χ2v) is 8.26. The lowest BCUT2D eigenvalue weighted by molar-refractivity contribution is -0.136. The van der Waals surface area contributed by atoms with Gasteiger partial charge in [0.25, 0.3) is 0 Å². The Bertz CT molecular complexity index is 511. The summed E-state index contributed by atoms with van der Waals surface area (Å²) in [6, 6.07) is 8.51. The summed E-state index contributed by atoms with van der Waals surface area (Å²) in [4.78, 5) is 17.1. The van der Waals surface area contributed by atoms with Crippen molar-refractivity contribution in [1.82, 2.24) is 9.80 Å². The molecule has 0 spiro atoms. The van der Waals surface area contributed by atoms with Crippen molar-refractivity contribution in [2.45, 2.75) is 19.4 Å². The second kappa shape index (κ2) is 7.84. The summed E-state index contributed by atoms with van der Waals surface area (Å²) in [5.41, 5.74) is 1.34. The molecule has 2 aliphatic rings. The molecule has 0 radical (unpaired) electrons. The van der Waals surface area contributed by atoms with Gasteiger partial charge in [-0.2, -0.15) is 11.8 Å². The average Bonchev–Trinajstić information content (AvgIpc) is 2.56. The van der Waals surface area contributed by atoms with Crippen LogP contribution in [0.25, 0.3) is 0 Å². The molecule has 2 saturated heterocycles. The number of carbonyl (C=O) groups is 1. The number of carbonyl (C=O) groups excluding carboxylic acids is 1. The number of rotatable bonds is 3. The van der Waals surface area contributed by atoms with E-state index in [4.69, 9.17) is 0 Å². The van der Waals surface area contributed by atoms with Crippen LogP contribution in [-0.4, -0.2) is 53.4 Å². The molecule has 0 bridgehead atoms. The zero-order chi connectivity index (χ0) is 15.4. The van der Waals surface area contributed by atoms with Crippen LogP contribution in [0.5, 0.6) is 0 Å². The summed E-state index contributed by atoms with van der Waals surface area (Å²) >= 11 is 5.49. The van der Waals surface area contributed by atoms with E-state index in [0.29, 0.717) is 5.91 Å². The molecule has 1 aromatic carbocycles. The fraction of sp³-hybridized carbons (Fsp3) is 0.588. The number of amides is 1. The molecule has 2 heterocycles. The minimum Gasteiger partial charge on any atom is -0.341 e. The van der Waals surface area contributed by atoms with Crippen LogP contribution in [0.2, 0.25) is 0 Å². The number of likely N-dealkylation sites (tertiary alicyclic amines) is 1. The van der Waals surface area contributed by atoms with Gasteiger partial charge in [0.15, 0.2) is 0 Å². The van der Waals surface area contributed by atoms with E-state index in [-0.39, 0.29) is 5.92 Å². The van der Waals surface area contributed by atoms with E-state index < -0.39 is 0 Å². The monoisotopic (exact) mass is 382 g/mol. The first-order valence-electron chi connectivity index (χ1n) is 8.06. The molecule has 5 heteroatoms. The summed E-state index contributed by atoms with van der Waals surface area (Å²) in [6.45, 7) is 4.95. The largest absolute Gasteiger partial charge is 0.341 e. The fourth-order valence-corrected chi connectivity index (χ4v) is 4.62. The summed E-state index contributed by atoms with van der Waals surface area (Å²) < 4.78 is 1.14. The van der Waals surface area contributed by atoms with Crippen molar-refractivity contribution in [1.29, 1.82) is 0 Å². The van der Waals surface area contributed by atoms with Crippen LogP contribution in [0.3, 0.4) is 0 Å². The Morgan fingerprint density at radius 1 is 1.18 bits per heavy atom. The maximum atomic E-state index is 12.6. The van der Waals surface area contributed by atoms with Crippen molar-refractivity contribution in [2.24, 2.45) is 5.92 Å². The molecule has 0 aliphatic carbocycles. The topological polar surface area (TPSA) is 23.6 Å². The van der Waals surface area contributed by atoms with Crippen molar-refractivity contribution in [3.8, 4) is 0 Å². The molecule has 3 rings (SSSR count). The highest BCUT2D eigenvalue weighted by Crippen LogP contribution is 2.23. The third kappa shape index (κ3) is 4.27. The van der Waals surface area contributed by atoms with Gasteiger partial charge in [0.05, 0.1) is 0 Å². The van der Waals surface area contributed by atoms with Crippen LogP contribution in [0.4, 0.5) is 0 Å². The molecule has 3 nitrogen and oxygen atoms in total. The first kappa shape index (κ1) is 16.3. The molecule has 1 amide bonds. The number of hydrogen-bond acceptors (Lipinski definition) is 3. The Morgan fingerprint density at radius 3 is 2.59 bits per heavy atom. The van der Waals surface area contributed by atoms with Gasteiger partial charge in [0.2, 0.25) is 5.91 Å². The zero-order valence-electron chi connectivity index (χ0n) is 12.8. The predicted octanol–water partition coefficient (Wildman–Crippen LogP) is 3.24. The number of thioether (sulfide) groups is 1. The van der Waals surface area contributed by atoms with Gasteiger partial charge in [-0.05, 0) is 43.6 Å². The quantitative estimate of drug-likeness (QED) is 0.801. The van der Waals surface area contributed by atoms with E-state index in [1.54, 1.807) is 0 Å². The summed E-state index contributed by atoms with van der Waals surface area (Å²) in [5, 5.41) is 0. The van der Waals surface area contributed by atoms with E-state index in [1.807, 2.05) is 11.8 Å². The Balaban J connectivity index is 1.48. The molecule has 0 N–H and O–H groups in total. The Morgan fingerprint density at radius 2 is 1.91 bits per heavy atom. The number of hydrogen-bond donors (Lipinski definition) is 0. The Hall–Kier alpha value is -0.520. The van der Waals surface area contributed by atoms with Gasteiger partial charge < -0.3 is 4.90 Å². The lowest BCUT2D eigenvalue weighted by atomic mass is 9.95. The molecule has 2 aliphatic heterocycles. The van der Waals surface area contributed by atoms with Crippen molar-refractivity contribution in [3.05, 3.63) is 34.3 Å².